The fraction of sp³-hybridized carbons (Fsp3) is 0.211. The summed E-state index contributed by atoms with van der Waals surface area (Å²) in [5.74, 6) is 0.0979. The standard InChI is InChI=1S/C19H18N2O5S/c1-4-12-13(9-8-11-6-5-7-14(25-2)16(11)26-3)20-19-21(17(12)22)10-15(27-19)18(23)24/h5-10H,4H2,1-3H3,(H,23,24)/b9-8+. The largest absolute Gasteiger partial charge is 0.493 e. The lowest BCUT2D eigenvalue weighted by atomic mass is 10.1. The predicted molar refractivity (Wildman–Crippen MR) is 104 cm³/mol. The maximum atomic E-state index is 12.7. The summed E-state index contributed by atoms with van der Waals surface area (Å²) < 4.78 is 12.0. The lowest BCUT2D eigenvalue weighted by molar-refractivity contribution is 0.0701. The molecule has 3 rings (SSSR count). The van der Waals surface area contributed by atoms with Crippen molar-refractivity contribution in [2.24, 2.45) is 0 Å². The van der Waals surface area contributed by atoms with Gasteiger partial charge in [0, 0.05) is 17.3 Å². The highest BCUT2D eigenvalue weighted by Crippen LogP contribution is 2.32. The number of carboxylic acids is 1. The molecule has 0 bridgehead atoms. The molecule has 2 aromatic heterocycles. The van der Waals surface area contributed by atoms with Crippen LogP contribution in [-0.2, 0) is 6.42 Å². The zero-order chi connectivity index (χ0) is 19.6. The molecule has 140 valence electrons. The molecule has 0 atom stereocenters. The van der Waals surface area contributed by atoms with Crippen molar-refractivity contribution < 1.29 is 19.4 Å². The quantitative estimate of drug-likeness (QED) is 0.700. The lowest BCUT2D eigenvalue weighted by Gasteiger charge is -2.10. The average molecular weight is 386 g/mol. The number of hydrogen-bond acceptors (Lipinski definition) is 6. The Bertz CT molecular complexity index is 1100. The van der Waals surface area contributed by atoms with E-state index in [9.17, 15) is 9.59 Å². The Morgan fingerprint density at radius 3 is 2.70 bits per heavy atom. The van der Waals surface area contributed by atoms with Gasteiger partial charge in [-0.25, -0.2) is 9.78 Å². The summed E-state index contributed by atoms with van der Waals surface area (Å²) in [5.41, 5.74) is 1.54. The number of rotatable bonds is 6. The number of nitrogens with zero attached hydrogens (tertiary/aromatic N) is 2. The van der Waals surface area contributed by atoms with Crippen LogP contribution in [-0.4, -0.2) is 34.7 Å². The van der Waals surface area contributed by atoms with Gasteiger partial charge in [0.1, 0.15) is 4.88 Å². The van der Waals surface area contributed by atoms with Gasteiger partial charge in [-0.3, -0.25) is 9.20 Å². The number of methoxy groups -OCH3 is 2. The number of thiazole rings is 1. The maximum absolute atomic E-state index is 12.7. The maximum Gasteiger partial charge on any atom is 0.347 e. The van der Waals surface area contributed by atoms with Gasteiger partial charge in [-0.15, -0.1) is 0 Å². The van der Waals surface area contributed by atoms with Gasteiger partial charge in [-0.1, -0.05) is 30.4 Å². The molecule has 0 unspecified atom stereocenters. The molecule has 0 fully saturated rings. The third-order valence-corrected chi connectivity index (χ3v) is 5.04. The van der Waals surface area contributed by atoms with Crippen molar-refractivity contribution in [3.63, 3.8) is 0 Å². The summed E-state index contributed by atoms with van der Waals surface area (Å²) in [7, 11) is 3.12. The van der Waals surface area contributed by atoms with Gasteiger partial charge >= 0.3 is 5.97 Å². The van der Waals surface area contributed by atoms with Gasteiger partial charge in [0.15, 0.2) is 16.5 Å². The van der Waals surface area contributed by atoms with Crippen LogP contribution in [0.25, 0.3) is 17.1 Å². The lowest BCUT2D eigenvalue weighted by Crippen LogP contribution is -2.19. The first kappa shape index (κ1) is 18.7. The van der Waals surface area contributed by atoms with Gasteiger partial charge in [-0.05, 0) is 24.6 Å². The Balaban J connectivity index is 2.13. The van der Waals surface area contributed by atoms with Crippen molar-refractivity contribution >= 4 is 34.4 Å². The molecule has 0 aliphatic heterocycles. The van der Waals surface area contributed by atoms with Crippen molar-refractivity contribution in [2.45, 2.75) is 13.3 Å². The number of benzene rings is 1. The summed E-state index contributed by atoms with van der Waals surface area (Å²) in [5, 5.41) is 9.16. The average Bonchev–Trinajstić information content (AvgIpc) is 3.10. The summed E-state index contributed by atoms with van der Waals surface area (Å²) in [4.78, 5) is 28.8. The second kappa shape index (κ2) is 7.63. The third-order valence-electron chi connectivity index (χ3n) is 4.07. The van der Waals surface area contributed by atoms with Crippen LogP contribution in [0.15, 0.2) is 29.2 Å². The smallest absolute Gasteiger partial charge is 0.347 e. The number of hydrogen-bond donors (Lipinski definition) is 1. The fourth-order valence-electron chi connectivity index (χ4n) is 2.78. The van der Waals surface area contributed by atoms with Crippen LogP contribution in [0.1, 0.15) is 33.4 Å². The second-order valence-electron chi connectivity index (χ2n) is 5.60. The summed E-state index contributed by atoms with van der Waals surface area (Å²) in [6.07, 6.45) is 5.32. The first-order valence-corrected chi connectivity index (χ1v) is 8.99. The van der Waals surface area contributed by atoms with E-state index in [0.717, 1.165) is 16.9 Å². The van der Waals surface area contributed by atoms with Gasteiger partial charge in [0.25, 0.3) is 5.56 Å². The van der Waals surface area contributed by atoms with Gasteiger partial charge in [0.05, 0.1) is 19.9 Å². The van der Waals surface area contributed by atoms with E-state index >= 15 is 0 Å². The minimum atomic E-state index is -1.08. The van der Waals surface area contributed by atoms with E-state index in [4.69, 9.17) is 14.6 Å². The van der Waals surface area contributed by atoms with Crippen LogP contribution in [0.2, 0.25) is 0 Å². The molecule has 0 aliphatic carbocycles. The highest BCUT2D eigenvalue weighted by molar-refractivity contribution is 7.18. The van der Waals surface area contributed by atoms with Crippen LogP contribution in [0.4, 0.5) is 0 Å². The Morgan fingerprint density at radius 2 is 2.07 bits per heavy atom. The molecule has 0 radical (unpaired) electrons. The van der Waals surface area contributed by atoms with Crippen LogP contribution in [0.5, 0.6) is 11.5 Å². The SMILES string of the molecule is CCc1c(/C=C/c2cccc(OC)c2OC)nc2sc(C(=O)O)cn2c1=O. The Labute approximate surface area is 159 Å². The first-order chi connectivity index (χ1) is 13.0. The van der Waals surface area contributed by atoms with E-state index in [0.29, 0.717) is 34.1 Å². The van der Waals surface area contributed by atoms with Gasteiger partial charge in [-0.2, -0.15) is 0 Å². The highest BCUT2D eigenvalue weighted by atomic mass is 32.1. The van der Waals surface area contributed by atoms with Gasteiger partial charge < -0.3 is 14.6 Å². The Kier molecular flexibility index (Phi) is 5.27. The minimum Gasteiger partial charge on any atom is -0.493 e. The molecule has 3 aromatic rings. The molecule has 0 saturated carbocycles. The van der Waals surface area contributed by atoms with Crippen LogP contribution in [0.3, 0.4) is 0 Å². The number of aromatic nitrogens is 2. The van der Waals surface area contributed by atoms with Gasteiger partial charge in [0.2, 0.25) is 0 Å². The molecule has 2 heterocycles. The summed E-state index contributed by atoms with van der Waals surface area (Å²) >= 11 is 0.962. The summed E-state index contributed by atoms with van der Waals surface area (Å²) in [6, 6.07) is 5.50. The molecule has 1 N–H and O–H groups in total. The summed E-state index contributed by atoms with van der Waals surface area (Å²) in [6.45, 7) is 1.86. The minimum absolute atomic E-state index is 0.0669. The van der Waals surface area contributed by atoms with Crippen LogP contribution >= 0.6 is 11.3 Å². The van der Waals surface area contributed by atoms with E-state index in [2.05, 4.69) is 4.98 Å². The van der Waals surface area contributed by atoms with Crippen LogP contribution in [0, 0.1) is 0 Å². The molecular weight excluding hydrogens is 368 g/mol. The Hall–Kier alpha value is -3.13. The molecule has 1 aromatic carbocycles. The number of aromatic carboxylic acids is 1. The van der Waals surface area contributed by atoms with Crippen molar-refractivity contribution in [2.75, 3.05) is 14.2 Å². The van der Waals surface area contributed by atoms with Crippen molar-refractivity contribution in [1.29, 1.82) is 0 Å². The third kappa shape index (κ3) is 3.43. The zero-order valence-corrected chi connectivity index (χ0v) is 15.9. The number of ether oxygens (including phenoxy) is 2. The topological polar surface area (TPSA) is 90.1 Å². The highest BCUT2D eigenvalue weighted by Gasteiger charge is 2.15. The van der Waals surface area contributed by atoms with E-state index in [1.165, 1.54) is 10.6 Å². The molecular formula is C19H18N2O5S. The van der Waals surface area contributed by atoms with E-state index in [1.54, 1.807) is 32.4 Å². The molecule has 27 heavy (non-hydrogen) atoms. The predicted octanol–water partition coefficient (Wildman–Crippen LogP) is 3.20. The van der Waals surface area contributed by atoms with E-state index in [1.807, 2.05) is 19.1 Å². The molecule has 8 heteroatoms. The normalized spacial score (nSPS) is 11.2. The van der Waals surface area contributed by atoms with E-state index in [-0.39, 0.29) is 10.4 Å². The molecule has 0 amide bonds. The van der Waals surface area contributed by atoms with Crippen molar-refractivity contribution in [3.05, 3.63) is 56.4 Å². The molecule has 7 nitrogen and oxygen atoms in total. The first-order valence-electron chi connectivity index (χ1n) is 8.17. The fourth-order valence-corrected chi connectivity index (χ4v) is 3.60. The molecule has 0 aliphatic rings. The monoisotopic (exact) mass is 386 g/mol. The second-order valence-corrected chi connectivity index (χ2v) is 6.61. The van der Waals surface area contributed by atoms with Crippen molar-refractivity contribution in [1.82, 2.24) is 9.38 Å². The Morgan fingerprint density at radius 1 is 1.30 bits per heavy atom. The molecule has 0 saturated heterocycles. The number of carbonyl (C=O) groups is 1. The van der Waals surface area contributed by atoms with Crippen LogP contribution < -0.4 is 15.0 Å². The van der Waals surface area contributed by atoms with E-state index < -0.39 is 5.97 Å². The zero-order valence-electron chi connectivity index (χ0n) is 15.1. The number of fused-ring (bicyclic) bond motifs is 1. The number of carboxylic acid groups (broad SMARTS) is 1. The number of para-hydroxylation sites is 1. The van der Waals surface area contributed by atoms with Crippen molar-refractivity contribution in [3.8, 4) is 11.5 Å². The molecule has 0 spiro atoms.